The molecular weight excluding hydrogens is 273 g/mol. The van der Waals surface area contributed by atoms with Crippen molar-refractivity contribution in [3.8, 4) is 0 Å². The summed E-state index contributed by atoms with van der Waals surface area (Å²) in [6.45, 7) is 2.40. The Kier molecular flexibility index (Phi) is 2.89. The van der Waals surface area contributed by atoms with Crippen LogP contribution in [0.2, 0.25) is 0 Å². The Morgan fingerprint density at radius 3 is 2.62 bits per heavy atom. The molecular formula is C11H14IN. The minimum Gasteiger partial charge on any atom is -0.306 e. The summed E-state index contributed by atoms with van der Waals surface area (Å²) in [5.41, 5.74) is 3.10. The molecule has 2 heteroatoms. The van der Waals surface area contributed by atoms with Crippen LogP contribution in [0.25, 0.3) is 0 Å². The SMILES string of the molecule is CN1CCc2ccc(I)cc2CC1. The van der Waals surface area contributed by atoms with Crippen molar-refractivity contribution in [3.63, 3.8) is 0 Å². The fourth-order valence-electron chi connectivity index (χ4n) is 1.81. The van der Waals surface area contributed by atoms with Crippen molar-refractivity contribution in [1.82, 2.24) is 4.90 Å². The highest BCUT2D eigenvalue weighted by Gasteiger charge is 2.10. The molecule has 0 N–H and O–H groups in total. The van der Waals surface area contributed by atoms with Gasteiger partial charge >= 0.3 is 0 Å². The van der Waals surface area contributed by atoms with Crippen molar-refractivity contribution >= 4 is 22.6 Å². The van der Waals surface area contributed by atoms with Crippen molar-refractivity contribution in [2.75, 3.05) is 20.1 Å². The zero-order chi connectivity index (χ0) is 9.26. The molecule has 1 aromatic rings. The number of fused-ring (bicyclic) bond motifs is 1. The fraction of sp³-hybridized carbons (Fsp3) is 0.455. The number of nitrogens with zero attached hydrogens (tertiary/aromatic N) is 1. The lowest BCUT2D eigenvalue weighted by Gasteiger charge is -2.10. The van der Waals surface area contributed by atoms with E-state index >= 15 is 0 Å². The maximum Gasteiger partial charge on any atom is 0.0133 e. The van der Waals surface area contributed by atoms with Crippen LogP contribution in [-0.4, -0.2) is 25.0 Å². The van der Waals surface area contributed by atoms with Gasteiger partial charge in [-0.1, -0.05) is 6.07 Å². The molecule has 1 heterocycles. The van der Waals surface area contributed by atoms with Gasteiger partial charge in [0.25, 0.3) is 0 Å². The quantitative estimate of drug-likeness (QED) is 0.662. The molecule has 0 bridgehead atoms. The first-order valence-electron chi connectivity index (χ1n) is 4.71. The van der Waals surface area contributed by atoms with E-state index in [1.807, 2.05) is 0 Å². The Hall–Kier alpha value is -0.0900. The van der Waals surface area contributed by atoms with Crippen LogP contribution in [0.1, 0.15) is 11.1 Å². The van der Waals surface area contributed by atoms with Crippen LogP contribution in [0.4, 0.5) is 0 Å². The minimum atomic E-state index is 1.20. The molecule has 70 valence electrons. The topological polar surface area (TPSA) is 3.24 Å². The van der Waals surface area contributed by atoms with Gasteiger partial charge in [-0.15, -0.1) is 0 Å². The normalized spacial score (nSPS) is 18.0. The van der Waals surface area contributed by atoms with Crippen LogP contribution in [0, 0.1) is 3.57 Å². The summed E-state index contributed by atoms with van der Waals surface area (Å²) in [7, 11) is 2.21. The molecule has 1 aliphatic rings. The molecule has 0 spiro atoms. The third-order valence-corrected chi connectivity index (χ3v) is 3.37. The Bertz CT molecular complexity index is 309. The molecule has 0 amide bonds. The summed E-state index contributed by atoms with van der Waals surface area (Å²) >= 11 is 2.39. The molecule has 0 unspecified atom stereocenters. The van der Waals surface area contributed by atoms with Crippen LogP contribution >= 0.6 is 22.6 Å². The number of halogens is 1. The molecule has 0 saturated carbocycles. The van der Waals surface area contributed by atoms with Crippen LogP contribution in [0.15, 0.2) is 18.2 Å². The lowest BCUT2D eigenvalue weighted by Crippen LogP contribution is -2.20. The molecule has 1 aromatic carbocycles. The minimum absolute atomic E-state index is 1.20. The van der Waals surface area contributed by atoms with Crippen LogP contribution in [0.5, 0.6) is 0 Å². The van der Waals surface area contributed by atoms with Gasteiger partial charge in [0.15, 0.2) is 0 Å². The molecule has 0 radical (unpaired) electrons. The van der Waals surface area contributed by atoms with Gasteiger partial charge in [-0.05, 0) is 65.7 Å². The fourth-order valence-corrected chi connectivity index (χ4v) is 2.36. The molecule has 0 aromatic heterocycles. The summed E-state index contributed by atoms with van der Waals surface area (Å²) < 4.78 is 1.36. The van der Waals surface area contributed by atoms with Crippen molar-refractivity contribution in [2.24, 2.45) is 0 Å². The monoisotopic (exact) mass is 287 g/mol. The van der Waals surface area contributed by atoms with Gasteiger partial charge in [0, 0.05) is 16.7 Å². The summed E-state index contributed by atoms with van der Waals surface area (Å²) in [5, 5.41) is 0. The predicted octanol–water partition coefficient (Wildman–Crippen LogP) is 2.32. The summed E-state index contributed by atoms with van der Waals surface area (Å²) in [5.74, 6) is 0. The van der Waals surface area contributed by atoms with E-state index in [-0.39, 0.29) is 0 Å². The molecule has 1 nitrogen and oxygen atoms in total. The number of benzene rings is 1. The summed E-state index contributed by atoms with van der Waals surface area (Å²) in [6.07, 6.45) is 2.42. The average Bonchev–Trinajstić information content (AvgIpc) is 2.29. The molecule has 0 fully saturated rings. The number of hydrogen-bond acceptors (Lipinski definition) is 1. The predicted molar refractivity (Wildman–Crippen MR) is 64.1 cm³/mol. The summed E-state index contributed by atoms with van der Waals surface area (Å²) in [6, 6.07) is 6.83. The first-order valence-corrected chi connectivity index (χ1v) is 5.79. The van der Waals surface area contributed by atoms with Crippen molar-refractivity contribution < 1.29 is 0 Å². The van der Waals surface area contributed by atoms with Crippen molar-refractivity contribution in [1.29, 1.82) is 0 Å². The van der Waals surface area contributed by atoms with Gasteiger partial charge in [0.05, 0.1) is 0 Å². The van der Waals surface area contributed by atoms with E-state index in [0.717, 1.165) is 0 Å². The van der Waals surface area contributed by atoms with Gasteiger partial charge in [0.1, 0.15) is 0 Å². The molecule has 13 heavy (non-hydrogen) atoms. The van der Waals surface area contributed by atoms with E-state index in [2.05, 4.69) is 52.7 Å². The standard InChI is InChI=1S/C11H14IN/c1-13-6-4-9-2-3-11(12)8-10(9)5-7-13/h2-3,8H,4-7H2,1H3. The van der Waals surface area contributed by atoms with Crippen molar-refractivity contribution in [3.05, 3.63) is 32.9 Å². The van der Waals surface area contributed by atoms with Crippen LogP contribution in [0.3, 0.4) is 0 Å². The smallest absolute Gasteiger partial charge is 0.0133 e. The van der Waals surface area contributed by atoms with E-state index in [0.29, 0.717) is 0 Å². The Morgan fingerprint density at radius 1 is 1.15 bits per heavy atom. The first-order chi connectivity index (χ1) is 6.25. The highest BCUT2D eigenvalue weighted by Crippen LogP contribution is 2.18. The van der Waals surface area contributed by atoms with Gasteiger partial charge in [-0.25, -0.2) is 0 Å². The summed E-state index contributed by atoms with van der Waals surface area (Å²) in [4.78, 5) is 2.41. The number of likely N-dealkylation sites (N-methyl/N-ethyl adjacent to an activating group) is 1. The zero-order valence-corrected chi connectivity index (χ0v) is 10.0. The number of hydrogen-bond donors (Lipinski definition) is 0. The van der Waals surface area contributed by atoms with Crippen molar-refractivity contribution in [2.45, 2.75) is 12.8 Å². The van der Waals surface area contributed by atoms with Gasteiger partial charge in [-0.2, -0.15) is 0 Å². The highest BCUT2D eigenvalue weighted by molar-refractivity contribution is 14.1. The average molecular weight is 287 g/mol. The third kappa shape index (κ3) is 2.23. The molecule has 0 saturated heterocycles. The molecule has 0 aliphatic carbocycles. The van der Waals surface area contributed by atoms with Gasteiger partial charge < -0.3 is 4.90 Å². The van der Waals surface area contributed by atoms with E-state index in [4.69, 9.17) is 0 Å². The third-order valence-electron chi connectivity index (χ3n) is 2.69. The second-order valence-corrected chi connectivity index (χ2v) is 4.96. The molecule has 0 atom stereocenters. The van der Waals surface area contributed by atoms with Crippen LogP contribution < -0.4 is 0 Å². The lowest BCUT2D eigenvalue weighted by atomic mass is 10.0. The van der Waals surface area contributed by atoms with E-state index in [1.165, 1.54) is 29.5 Å². The van der Waals surface area contributed by atoms with E-state index in [9.17, 15) is 0 Å². The Morgan fingerprint density at radius 2 is 1.85 bits per heavy atom. The lowest BCUT2D eigenvalue weighted by molar-refractivity contribution is 0.352. The maximum absolute atomic E-state index is 2.41. The highest BCUT2D eigenvalue weighted by atomic mass is 127. The van der Waals surface area contributed by atoms with E-state index in [1.54, 1.807) is 11.1 Å². The first kappa shape index (κ1) is 9.46. The van der Waals surface area contributed by atoms with E-state index < -0.39 is 0 Å². The second kappa shape index (κ2) is 3.96. The van der Waals surface area contributed by atoms with Crippen LogP contribution in [-0.2, 0) is 12.8 Å². The second-order valence-electron chi connectivity index (χ2n) is 3.72. The number of rotatable bonds is 0. The molecule has 2 rings (SSSR count). The van der Waals surface area contributed by atoms with Gasteiger partial charge in [-0.3, -0.25) is 0 Å². The maximum atomic E-state index is 2.41. The molecule has 1 aliphatic heterocycles. The van der Waals surface area contributed by atoms with Gasteiger partial charge in [0.2, 0.25) is 0 Å². The zero-order valence-electron chi connectivity index (χ0n) is 7.89. The largest absolute Gasteiger partial charge is 0.306 e. The Balaban J connectivity index is 2.30. The Labute approximate surface area is 93.3 Å².